The highest BCUT2D eigenvalue weighted by Gasteiger charge is 2.28. The first-order valence-electron chi connectivity index (χ1n) is 3.16. The molecule has 0 bridgehead atoms. The number of carbonyl (C=O) groups is 1. The molecule has 1 aliphatic heterocycles. The molecule has 0 aliphatic carbocycles. The summed E-state index contributed by atoms with van der Waals surface area (Å²) >= 11 is 0. The monoisotopic (exact) mass is 127 g/mol. The molecule has 0 unspecified atom stereocenters. The Morgan fingerprint density at radius 2 is 2.56 bits per heavy atom. The topological polar surface area (TPSA) is 38.3 Å². The van der Waals surface area contributed by atoms with Gasteiger partial charge >= 0.3 is 6.85 Å². The van der Waals surface area contributed by atoms with E-state index in [4.69, 9.17) is 0 Å². The summed E-state index contributed by atoms with van der Waals surface area (Å²) in [4.78, 5) is 10.7. The number of carbonyl (C=O) groups excluding carboxylic acids is 1. The smallest absolute Gasteiger partial charge is 0.355 e. The molecule has 0 saturated carbocycles. The van der Waals surface area contributed by atoms with E-state index in [-0.39, 0.29) is 12.7 Å². The fourth-order valence-electron chi connectivity index (χ4n) is 1.03. The van der Waals surface area contributed by atoms with Crippen molar-refractivity contribution in [2.75, 3.05) is 13.7 Å². The van der Waals surface area contributed by atoms with E-state index in [9.17, 15) is 4.79 Å². The number of hydrogen-bond acceptors (Lipinski definition) is 3. The molecule has 0 aromatic rings. The molecule has 9 heavy (non-hydrogen) atoms. The minimum absolute atomic E-state index is 0.0324. The van der Waals surface area contributed by atoms with Gasteiger partial charge in [-0.25, -0.2) is 0 Å². The Kier molecular flexibility index (Phi) is 2.11. The average Bonchev–Trinajstić information content (AvgIpc) is 2.37. The van der Waals surface area contributed by atoms with Crippen molar-refractivity contribution in [1.29, 1.82) is 0 Å². The van der Waals surface area contributed by atoms with Crippen molar-refractivity contribution >= 4 is 12.7 Å². The van der Waals surface area contributed by atoms with Crippen molar-refractivity contribution in [3.05, 3.63) is 0 Å². The van der Waals surface area contributed by atoms with Gasteiger partial charge in [0.25, 0.3) is 5.87 Å². The molecule has 1 heterocycles. The summed E-state index contributed by atoms with van der Waals surface area (Å²) in [6.45, 7) is 0.912. The third-order valence-corrected chi connectivity index (χ3v) is 1.55. The van der Waals surface area contributed by atoms with Crippen LogP contribution in [-0.2, 0) is 4.74 Å². The second kappa shape index (κ2) is 2.87. The lowest BCUT2D eigenvalue weighted by atomic mass is 9.61. The zero-order valence-corrected chi connectivity index (χ0v) is 5.52. The Labute approximate surface area is 54.9 Å². The van der Waals surface area contributed by atoms with Crippen LogP contribution in [0.3, 0.4) is 0 Å². The van der Waals surface area contributed by atoms with Crippen LogP contribution in [-0.4, -0.2) is 26.4 Å². The molecule has 0 spiro atoms. The SMILES string of the molecule is COC(=O)B1CCCN1. The molecule has 1 N–H and O–H groups in total. The van der Waals surface area contributed by atoms with Crippen molar-refractivity contribution in [2.45, 2.75) is 12.7 Å². The van der Waals surface area contributed by atoms with E-state index in [2.05, 4.69) is 9.96 Å². The lowest BCUT2D eigenvalue weighted by Crippen LogP contribution is -2.35. The largest absolute Gasteiger partial charge is 0.476 e. The molecular weight excluding hydrogens is 117 g/mol. The van der Waals surface area contributed by atoms with E-state index in [0.29, 0.717) is 0 Å². The maximum Gasteiger partial charge on any atom is 0.355 e. The van der Waals surface area contributed by atoms with Crippen LogP contribution in [0.5, 0.6) is 0 Å². The van der Waals surface area contributed by atoms with E-state index in [0.717, 1.165) is 19.3 Å². The summed E-state index contributed by atoms with van der Waals surface area (Å²) in [6, 6.07) is 0. The van der Waals surface area contributed by atoms with Crippen LogP contribution < -0.4 is 5.23 Å². The van der Waals surface area contributed by atoms with Crippen LogP contribution in [0.1, 0.15) is 6.42 Å². The van der Waals surface area contributed by atoms with Gasteiger partial charge in [0.1, 0.15) is 0 Å². The normalized spacial score (nSPS) is 18.1. The van der Waals surface area contributed by atoms with E-state index in [1.165, 1.54) is 7.11 Å². The predicted molar refractivity (Wildman–Crippen MR) is 35.6 cm³/mol. The zero-order chi connectivity index (χ0) is 6.69. The van der Waals surface area contributed by atoms with Gasteiger partial charge in [0.05, 0.1) is 7.11 Å². The van der Waals surface area contributed by atoms with Gasteiger partial charge in [-0.1, -0.05) is 0 Å². The summed E-state index contributed by atoms with van der Waals surface area (Å²) in [6.07, 6.45) is 2.01. The number of nitrogens with one attached hydrogen (secondary N) is 1. The Bertz CT molecular complexity index is 112. The first kappa shape index (κ1) is 6.61. The molecule has 1 fully saturated rings. The number of ether oxygens (including phenoxy) is 1. The Hall–Kier alpha value is -0.505. The summed E-state index contributed by atoms with van der Waals surface area (Å²) in [5, 5.41) is 3.03. The van der Waals surface area contributed by atoms with Crippen LogP contribution >= 0.6 is 0 Å². The quantitative estimate of drug-likeness (QED) is 0.515. The standard InChI is InChI=1S/C5H10BNO2/c1-9-5(8)6-3-2-4-7-6/h7H,2-4H2,1H3. The van der Waals surface area contributed by atoms with E-state index >= 15 is 0 Å². The van der Waals surface area contributed by atoms with Crippen LogP contribution in [0.4, 0.5) is 4.79 Å². The zero-order valence-electron chi connectivity index (χ0n) is 5.52. The Morgan fingerprint density at radius 3 is 3.00 bits per heavy atom. The Balaban J connectivity index is 2.32. The van der Waals surface area contributed by atoms with Crippen molar-refractivity contribution in [3.63, 3.8) is 0 Å². The molecule has 0 atom stereocenters. The van der Waals surface area contributed by atoms with Crippen LogP contribution in [0.15, 0.2) is 0 Å². The summed E-state index contributed by atoms with van der Waals surface area (Å²) in [5.74, 6) is -0.132. The molecule has 0 radical (unpaired) electrons. The van der Waals surface area contributed by atoms with Crippen molar-refractivity contribution in [2.24, 2.45) is 0 Å². The minimum atomic E-state index is -0.132. The third kappa shape index (κ3) is 1.45. The van der Waals surface area contributed by atoms with Crippen molar-refractivity contribution in [3.8, 4) is 0 Å². The highest BCUT2D eigenvalue weighted by Crippen LogP contribution is 2.03. The van der Waals surface area contributed by atoms with Gasteiger partial charge in [0.15, 0.2) is 0 Å². The molecule has 0 aromatic heterocycles. The van der Waals surface area contributed by atoms with E-state index in [1.54, 1.807) is 0 Å². The fraction of sp³-hybridized carbons (Fsp3) is 0.800. The molecule has 1 aliphatic rings. The number of hydrogen-bond donors (Lipinski definition) is 1. The van der Waals surface area contributed by atoms with Crippen LogP contribution in [0.2, 0.25) is 6.32 Å². The number of methoxy groups -OCH3 is 1. The summed E-state index contributed by atoms with van der Waals surface area (Å²) < 4.78 is 4.53. The lowest BCUT2D eigenvalue weighted by molar-refractivity contribution is 0.196. The summed E-state index contributed by atoms with van der Waals surface area (Å²) in [7, 11) is 1.42. The van der Waals surface area contributed by atoms with Crippen molar-refractivity contribution < 1.29 is 9.53 Å². The van der Waals surface area contributed by atoms with Gasteiger partial charge in [0, 0.05) is 0 Å². The average molecular weight is 127 g/mol. The van der Waals surface area contributed by atoms with Gasteiger partial charge < -0.3 is 9.96 Å². The van der Waals surface area contributed by atoms with Gasteiger partial charge in [-0.3, -0.25) is 4.79 Å². The molecule has 4 heteroatoms. The van der Waals surface area contributed by atoms with E-state index in [1.807, 2.05) is 0 Å². The highest BCUT2D eigenvalue weighted by molar-refractivity contribution is 6.87. The maximum atomic E-state index is 10.7. The number of rotatable bonds is 1. The molecule has 0 amide bonds. The first-order valence-corrected chi connectivity index (χ1v) is 3.16. The van der Waals surface area contributed by atoms with Gasteiger partial charge in [0.2, 0.25) is 0 Å². The second-order valence-electron chi connectivity index (χ2n) is 2.17. The Morgan fingerprint density at radius 1 is 1.78 bits per heavy atom. The van der Waals surface area contributed by atoms with Crippen molar-refractivity contribution in [1.82, 2.24) is 5.23 Å². The molecule has 1 saturated heterocycles. The van der Waals surface area contributed by atoms with E-state index < -0.39 is 0 Å². The van der Waals surface area contributed by atoms with Gasteiger partial charge in [-0.05, 0) is 19.3 Å². The van der Waals surface area contributed by atoms with Gasteiger partial charge in [-0.2, -0.15) is 0 Å². The molecule has 50 valence electrons. The molecule has 1 rings (SSSR count). The fourth-order valence-corrected chi connectivity index (χ4v) is 1.03. The first-order chi connectivity index (χ1) is 4.34. The molecular formula is C5H10BNO2. The lowest BCUT2D eigenvalue weighted by Gasteiger charge is -2.00. The molecule has 0 aromatic carbocycles. The third-order valence-electron chi connectivity index (χ3n) is 1.55. The second-order valence-corrected chi connectivity index (χ2v) is 2.17. The van der Waals surface area contributed by atoms with Crippen LogP contribution in [0.25, 0.3) is 0 Å². The van der Waals surface area contributed by atoms with Crippen LogP contribution in [0, 0.1) is 0 Å². The predicted octanol–water partition coefficient (Wildman–Crippen LogP) is 0.319. The summed E-state index contributed by atoms with van der Waals surface area (Å²) in [5.41, 5.74) is 0. The molecule has 3 nitrogen and oxygen atoms in total. The minimum Gasteiger partial charge on any atom is -0.476 e. The van der Waals surface area contributed by atoms with Gasteiger partial charge in [-0.15, -0.1) is 0 Å². The highest BCUT2D eigenvalue weighted by atomic mass is 16.5. The maximum absolute atomic E-state index is 10.7.